The number of ether oxygens (including phenoxy) is 2. The Hall–Kier alpha value is -3.41. The number of alkyl halides is 2. The van der Waals surface area contributed by atoms with E-state index in [1.807, 2.05) is 44.2 Å². The third kappa shape index (κ3) is 7.31. The highest BCUT2D eigenvalue weighted by Gasteiger charge is 2.57. The Kier molecular flexibility index (Phi) is 8.47. The second-order valence-corrected chi connectivity index (χ2v) is 10.1. The molecule has 7 nitrogen and oxygen atoms in total. The van der Waals surface area contributed by atoms with Crippen LogP contribution >= 0.6 is 0 Å². The molecule has 4 rings (SSSR count). The van der Waals surface area contributed by atoms with Crippen LogP contribution in [0.15, 0.2) is 42.6 Å². The summed E-state index contributed by atoms with van der Waals surface area (Å²) in [6, 6.07) is 13.1. The van der Waals surface area contributed by atoms with Crippen LogP contribution in [-0.2, 0) is 4.79 Å². The largest absolute Gasteiger partial charge is 0.494 e. The molecule has 2 fully saturated rings. The van der Waals surface area contributed by atoms with E-state index in [-0.39, 0.29) is 37.3 Å². The molecule has 0 radical (unpaired) electrons. The van der Waals surface area contributed by atoms with Gasteiger partial charge in [0.15, 0.2) is 0 Å². The second kappa shape index (κ2) is 11.8. The number of nitrogens with one attached hydrogen (secondary N) is 1. The zero-order valence-corrected chi connectivity index (χ0v) is 21.3. The van der Waals surface area contributed by atoms with E-state index in [1.54, 1.807) is 12.3 Å². The summed E-state index contributed by atoms with van der Waals surface area (Å²) in [5.41, 5.74) is 0.898. The Morgan fingerprint density at radius 1 is 1.22 bits per heavy atom. The molecule has 4 atom stereocenters. The molecule has 3 unspecified atom stereocenters. The van der Waals surface area contributed by atoms with Gasteiger partial charge in [0.25, 0.3) is 5.92 Å². The third-order valence-electron chi connectivity index (χ3n) is 7.09. The monoisotopic (exact) mass is 512 g/mol. The van der Waals surface area contributed by atoms with Gasteiger partial charge in [-0.15, -0.1) is 0 Å². The quantitative estimate of drug-likeness (QED) is 0.434. The van der Waals surface area contributed by atoms with Crippen molar-refractivity contribution in [1.29, 1.82) is 5.26 Å². The first-order chi connectivity index (χ1) is 17.7. The first-order valence-corrected chi connectivity index (χ1v) is 12.9. The standard InChI is InChI=1S/C28H34F2N4O3/c1-19(9-12-31)33-27(35)20(2)22-3-5-24(6-4-22)36-14-11-21-10-13-34(17-21)26-8-7-25(16-32-26)37-18-23-15-28(23,29)30/h3-8,16,19-21,23H,9-11,13-15,17-18H2,1-2H3,(H,33,35)/t19?,20?,21-,23?/m0/s1. The van der Waals surface area contributed by atoms with Crippen molar-refractivity contribution in [2.75, 3.05) is 31.2 Å². The van der Waals surface area contributed by atoms with Crippen LogP contribution in [0.25, 0.3) is 0 Å². The van der Waals surface area contributed by atoms with Gasteiger partial charge in [0.05, 0.1) is 43.7 Å². The van der Waals surface area contributed by atoms with E-state index in [0.717, 1.165) is 43.1 Å². The normalized spacial score (nSPS) is 21.5. The van der Waals surface area contributed by atoms with Gasteiger partial charge < -0.3 is 19.7 Å². The lowest BCUT2D eigenvalue weighted by Crippen LogP contribution is -2.35. The van der Waals surface area contributed by atoms with E-state index in [0.29, 0.717) is 18.3 Å². The summed E-state index contributed by atoms with van der Waals surface area (Å²) in [4.78, 5) is 19.0. The maximum Gasteiger partial charge on any atom is 0.255 e. The van der Waals surface area contributed by atoms with Crippen molar-refractivity contribution in [3.8, 4) is 17.6 Å². The number of carbonyl (C=O) groups is 1. The van der Waals surface area contributed by atoms with Crippen molar-refractivity contribution >= 4 is 11.7 Å². The Labute approximate surface area is 216 Å². The van der Waals surface area contributed by atoms with Crippen LogP contribution in [0.2, 0.25) is 0 Å². The molecule has 1 amide bonds. The van der Waals surface area contributed by atoms with Crippen LogP contribution in [0.3, 0.4) is 0 Å². The average molecular weight is 513 g/mol. The van der Waals surface area contributed by atoms with Crippen LogP contribution in [0.1, 0.15) is 51.0 Å². The zero-order chi connectivity index (χ0) is 26.4. The van der Waals surface area contributed by atoms with E-state index in [4.69, 9.17) is 14.7 Å². The van der Waals surface area contributed by atoms with E-state index >= 15 is 0 Å². The molecule has 1 aliphatic heterocycles. The van der Waals surface area contributed by atoms with Crippen molar-refractivity contribution in [1.82, 2.24) is 10.3 Å². The van der Waals surface area contributed by atoms with Crippen molar-refractivity contribution in [2.45, 2.75) is 57.4 Å². The molecule has 1 saturated heterocycles. The average Bonchev–Trinajstić information content (AvgIpc) is 3.24. The number of nitrogens with zero attached hydrogens (tertiary/aromatic N) is 3. The molecule has 198 valence electrons. The van der Waals surface area contributed by atoms with Crippen LogP contribution in [0, 0.1) is 23.2 Å². The van der Waals surface area contributed by atoms with Crippen molar-refractivity contribution < 1.29 is 23.0 Å². The Morgan fingerprint density at radius 3 is 2.59 bits per heavy atom. The predicted octanol–water partition coefficient (Wildman–Crippen LogP) is 4.93. The minimum absolute atomic E-state index is 0.0273. The van der Waals surface area contributed by atoms with Crippen molar-refractivity contribution in [3.63, 3.8) is 0 Å². The molecular formula is C28H34F2N4O3. The van der Waals surface area contributed by atoms with E-state index in [9.17, 15) is 13.6 Å². The van der Waals surface area contributed by atoms with Crippen LogP contribution in [-0.4, -0.2) is 49.2 Å². The molecule has 2 heterocycles. The second-order valence-electron chi connectivity index (χ2n) is 10.1. The molecule has 37 heavy (non-hydrogen) atoms. The number of benzene rings is 1. The van der Waals surface area contributed by atoms with E-state index in [1.165, 1.54) is 0 Å². The molecule has 0 bridgehead atoms. The van der Waals surface area contributed by atoms with Gasteiger partial charge in [0.1, 0.15) is 17.3 Å². The number of hydrogen-bond donors (Lipinski definition) is 1. The molecule has 1 aromatic carbocycles. The molecule has 1 saturated carbocycles. The van der Waals surface area contributed by atoms with Gasteiger partial charge in [-0.1, -0.05) is 12.1 Å². The minimum Gasteiger partial charge on any atom is -0.494 e. The molecule has 2 aliphatic rings. The highest BCUT2D eigenvalue weighted by Crippen LogP contribution is 2.48. The fourth-order valence-electron chi connectivity index (χ4n) is 4.47. The molecule has 1 aliphatic carbocycles. The Balaban J connectivity index is 1.16. The molecule has 2 aromatic rings. The smallest absolute Gasteiger partial charge is 0.255 e. The molecular weight excluding hydrogens is 478 g/mol. The van der Waals surface area contributed by atoms with Gasteiger partial charge in [-0.3, -0.25) is 4.79 Å². The number of nitriles is 1. The summed E-state index contributed by atoms with van der Waals surface area (Å²) in [5, 5.41) is 11.6. The van der Waals surface area contributed by atoms with Crippen molar-refractivity contribution in [2.24, 2.45) is 11.8 Å². The fourth-order valence-corrected chi connectivity index (χ4v) is 4.47. The zero-order valence-electron chi connectivity index (χ0n) is 21.3. The van der Waals surface area contributed by atoms with Gasteiger partial charge >= 0.3 is 0 Å². The molecule has 9 heteroatoms. The first-order valence-electron chi connectivity index (χ1n) is 12.9. The SMILES string of the molecule is CC(CC#N)NC(=O)C(C)c1ccc(OCC[C@@H]2CCN(c3ccc(OCC4CC4(F)F)cn3)C2)cc1. The summed E-state index contributed by atoms with van der Waals surface area (Å²) >= 11 is 0. The molecule has 1 N–H and O–H groups in total. The summed E-state index contributed by atoms with van der Waals surface area (Å²) in [5.74, 6) is -1.00. The number of anilines is 1. The van der Waals surface area contributed by atoms with Crippen LogP contribution < -0.4 is 19.7 Å². The minimum atomic E-state index is -2.57. The number of pyridine rings is 1. The lowest BCUT2D eigenvalue weighted by molar-refractivity contribution is -0.122. The maximum absolute atomic E-state index is 13.0. The summed E-state index contributed by atoms with van der Waals surface area (Å²) in [6.07, 6.45) is 3.77. The highest BCUT2D eigenvalue weighted by atomic mass is 19.3. The van der Waals surface area contributed by atoms with Crippen molar-refractivity contribution in [3.05, 3.63) is 48.2 Å². The number of aromatic nitrogens is 1. The van der Waals surface area contributed by atoms with Gasteiger partial charge in [-0.2, -0.15) is 5.26 Å². The Bertz CT molecular complexity index is 1090. The van der Waals surface area contributed by atoms with Gasteiger partial charge in [0.2, 0.25) is 5.91 Å². The number of amides is 1. The van der Waals surface area contributed by atoms with Gasteiger partial charge in [-0.25, -0.2) is 13.8 Å². The summed E-state index contributed by atoms with van der Waals surface area (Å²) in [6.45, 7) is 6.10. The lowest BCUT2D eigenvalue weighted by atomic mass is 10.00. The molecule has 1 aromatic heterocycles. The van der Waals surface area contributed by atoms with Gasteiger partial charge in [0, 0.05) is 25.6 Å². The number of hydrogen-bond acceptors (Lipinski definition) is 6. The maximum atomic E-state index is 13.0. The number of rotatable bonds is 12. The van der Waals surface area contributed by atoms with Crippen LogP contribution in [0.5, 0.6) is 11.5 Å². The number of halogens is 2. The van der Waals surface area contributed by atoms with E-state index < -0.39 is 11.8 Å². The van der Waals surface area contributed by atoms with Gasteiger partial charge in [-0.05, 0) is 62.4 Å². The predicted molar refractivity (Wildman–Crippen MR) is 136 cm³/mol. The fraction of sp³-hybridized carbons (Fsp3) is 0.536. The van der Waals surface area contributed by atoms with Crippen LogP contribution in [0.4, 0.5) is 14.6 Å². The topological polar surface area (TPSA) is 87.5 Å². The third-order valence-corrected chi connectivity index (χ3v) is 7.09. The van der Waals surface area contributed by atoms with E-state index in [2.05, 4.69) is 21.3 Å². The highest BCUT2D eigenvalue weighted by molar-refractivity contribution is 5.83. The lowest BCUT2D eigenvalue weighted by Gasteiger charge is -2.18. The summed E-state index contributed by atoms with van der Waals surface area (Å²) < 4.78 is 37.4. The Morgan fingerprint density at radius 2 is 1.95 bits per heavy atom. The molecule has 0 spiro atoms. The first kappa shape index (κ1) is 26.6. The number of carbonyl (C=O) groups excluding carboxylic acids is 1. The summed E-state index contributed by atoms with van der Waals surface area (Å²) in [7, 11) is 0.